The largest absolute Gasteiger partial charge is 0.346 e. The van der Waals surface area contributed by atoms with E-state index in [4.69, 9.17) is 4.55 Å². The number of carbonyl (C=O) groups is 1. The summed E-state index contributed by atoms with van der Waals surface area (Å²) in [6.07, 6.45) is 18.9. The van der Waals surface area contributed by atoms with Crippen LogP contribution in [0.3, 0.4) is 0 Å². The molecule has 0 heterocycles. The van der Waals surface area contributed by atoms with E-state index in [9.17, 15) is 13.2 Å². The van der Waals surface area contributed by atoms with Crippen LogP contribution in [0.25, 0.3) is 0 Å². The van der Waals surface area contributed by atoms with E-state index < -0.39 is 10.1 Å². The number of hydrogen-bond donors (Lipinski definition) is 1. The van der Waals surface area contributed by atoms with E-state index in [-0.39, 0.29) is 18.1 Å². The molecule has 0 unspecified atom stereocenters. The minimum absolute atomic E-state index is 0.0595. The SMILES string of the molecule is CCCCCCCCCCCCCCCCC(=O)N(C)CCCS(=O)(=O)O. The van der Waals surface area contributed by atoms with Crippen molar-refractivity contribution in [1.29, 1.82) is 0 Å². The summed E-state index contributed by atoms with van der Waals surface area (Å²) in [5.74, 6) is -0.229. The molecule has 0 aliphatic heterocycles. The molecule has 27 heavy (non-hydrogen) atoms. The Morgan fingerprint density at radius 3 is 1.56 bits per heavy atom. The summed E-state index contributed by atoms with van der Waals surface area (Å²) in [6, 6.07) is 0. The zero-order valence-electron chi connectivity index (χ0n) is 17.8. The summed E-state index contributed by atoms with van der Waals surface area (Å²) in [5.41, 5.74) is 0. The lowest BCUT2D eigenvalue weighted by atomic mass is 10.0. The van der Waals surface area contributed by atoms with Crippen LogP contribution in [0.1, 0.15) is 110 Å². The molecular weight excluding hydrogens is 362 g/mol. The standard InChI is InChI=1S/C21H43NO4S/c1-3-4-5-6-7-8-9-10-11-12-13-14-15-16-18-21(23)22(2)19-17-20-27(24,25)26/h3-20H2,1-2H3,(H,24,25,26). The molecule has 0 fully saturated rings. The van der Waals surface area contributed by atoms with E-state index in [1.54, 1.807) is 11.9 Å². The molecule has 0 rings (SSSR count). The van der Waals surface area contributed by atoms with Gasteiger partial charge in [-0.15, -0.1) is 0 Å². The first-order chi connectivity index (χ1) is 12.9. The van der Waals surface area contributed by atoms with Gasteiger partial charge in [0.15, 0.2) is 0 Å². The Morgan fingerprint density at radius 1 is 0.741 bits per heavy atom. The first kappa shape index (κ1) is 26.4. The monoisotopic (exact) mass is 405 g/mol. The summed E-state index contributed by atoms with van der Waals surface area (Å²) in [4.78, 5) is 13.5. The Kier molecular flexibility index (Phi) is 17.1. The summed E-state index contributed by atoms with van der Waals surface area (Å²) in [7, 11) is -2.24. The van der Waals surface area contributed by atoms with Crippen molar-refractivity contribution in [3.8, 4) is 0 Å². The van der Waals surface area contributed by atoms with E-state index in [2.05, 4.69) is 6.92 Å². The van der Waals surface area contributed by atoms with Gasteiger partial charge in [0.1, 0.15) is 0 Å². The van der Waals surface area contributed by atoms with E-state index in [1.807, 2.05) is 0 Å². The zero-order chi connectivity index (χ0) is 20.4. The number of carbonyl (C=O) groups excluding carboxylic acids is 1. The number of amides is 1. The molecule has 0 spiro atoms. The molecule has 0 aromatic heterocycles. The lowest BCUT2D eigenvalue weighted by Gasteiger charge is -2.16. The molecule has 0 aromatic carbocycles. The molecule has 162 valence electrons. The smallest absolute Gasteiger partial charge is 0.264 e. The highest BCUT2D eigenvalue weighted by atomic mass is 32.2. The molecule has 1 amide bonds. The molecule has 0 saturated carbocycles. The third-order valence-corrected chi connectivity index (χ3v) is 5.87. The van der Waals surface area contributed by atoms with E-state index in [1.165, 1.54) is 77.0 Å². The van der Waals surface area contributed by atoms with E-state index in [0.29, 0.717) is 13.0 Å². The zero-order valence-corrected chi connectivity index (χ0v) is 18.6. The van der Waals surface area contributed by atoms with Gasteiger partial charge in [0.25, 0.3) is 10.1 Å². The maximum atomic E-state index is 11.9. The van der Waals surface area contributed by atoms with Crippen molar-refractivity contribution in [2.75, 3.05) is 19.3 Å². The predicted molar refractivity (Wildman–Crippen MR) is 114 cm³/mol. The van der Waals surface area contributed by atoms with Gasteiger partial charge in [-0.2, -0.15) is 8.42 Å². The Labute approximate surface area is 168 Å². The first-order valence-electron chi connectivity index (χ1n) is 11.1. The third kappa shape index (κ3) is 19.9. The van der Waals surface area contributed by atoms with Crippen LogP contribution in [-0.4, -0.2) is 43.1 Å². The maximum Gasteiger partial charge on any atom is 0.264 e. The minimum Gasteiger partial charge on any atom is -0.346 e. The van der Waals surface area contributed by atoms with Gasteiger partial charge in [-0.25, -0.2) is 0 Å². The van der Waals surface area contributed by atoms with Crippen LogP contribution in [0.4, 0.5) is 0 Å². The molecule has 0 saturated heterocycles. The topological polar surface area (TPSA) is 74.7 Å². The molecule has 0 atom stereocenters. The quantitative estimate of drug-likeness (QED) is 0.224. The molecule has 5 nitrogen and oxygen atoms in total. The number of unbranched alkanes of at least 4 members (excludes halogenated alkanes) is 13. The fraction of sp³-hybridized carbons (Fsp3) is 0.952. The van der Waals surface area contributed by atoms with Gasteiger partial charge in [-0.3, -0.25) is 9.35 Å². The van der Waals surface area contributed by atoms with Gasteiger partial charge in [0.05, 0.1) is 5.75 Å². The maximum absolute atomic E-state index is 11.9. The van der Waals surface area contributed by atoms with Crippen LogP contribution in [-0.2, 0) is 14.9 Å². The highest BCUT2D eigenvalue weighted by Crippen LogP contribution is 2.13. The van der Waals surface area contributed by atoms with Crippen molar-refractivity contribution in [1.82, 2.24) is 4.90 Å². The van der Waals surface area contributed by atoms with Gasteiger partial charge >= 0.3 is 0 Å². The second-order valence-electron chi connectivity index (χ2n) is 7.80. The molecular formula is C21H43NO4S. The van der Waals surface area contributed by atoms with Crippen LogP contribution in [0.2, 0.25) is 0 Å². The minimum atomic E-state index is -3.93. The highest BCUT2D eigenvalue weighted by molar-refractivity contribution is 7.85. The molecule has 6 heteroatoms. The van der Waals surface area contributed by atoms with Crippen molar-refractivity contribution < 1.29 is 17.8 Å². The second kappa shape index (κ2) is 17.5. The van der Waals surface area contributed by atoms with Gasteiger partial charge in [0.2, 0.25) is 5.91 Å². The van der Waals surface area contributed by atoms with Crippen molar-refractivity contribution in [3.63, 3.8) is 0 Å². The van der Waals surface area contributed by atoms with Gasteiger partial charge in [0, 0.05) is 20.0 Å². The molecule has 0 aromatic rings. The fourth-order valence-electron chi connectivity index (χ4n) is 3.27. The van der Waals surface area contributed by atoms with Crippen molar-refractivity contribution in [2.24, 2.45) is 0 Å². The van der Waals surface area contributed by atoms with Crippen LogP contribution in [0, 0.1) is 0 Å². The number of hydrogen-bond acceptors (Lipinski definition) is 3. The second-order valence-corrected chi connectivity index (χ2v) is 9.37. The Morgan fingerprint density at radius 2 is 1.15 bits per heavy atom. The Hall–Kier alpha value is -0.620. The van der Waals surface area contributed by atoms with Crippen molar-refractivity contribution in [2.45, 2.75) is 110 Å². The normalized spacial score (nSPS) is 11.7. The molecule has 0 aliphatic rings. The molecule has 0 bridgehead atoms. The van der Waals surface area contributed by atoms with Crippen LogP contribution in [0.5, 0.6) is 0 Å². The fourth-order valence-corrected chi connectivity index (χ4v) is 3.76. The van der Waals surface area contributed by atoms with Crippen molar-refractivity contribution >= 4 is 16.0 Å². The summed E-state index contributed by atoms with van der Waals surface area (Å²) < 4.78 is 30.0. The number of rotatable bonds is 19. The summed E-state index contributed by atoms with van der Waals surface area (Å²) in [5, 5.41) is 0. The van der Waals surface area contributed by atoms with Crippen molar-refractivity contribution in [3.05, 3.63) is 0 Å². The van der Waals surface area contributed by atoms with Crippen LogP contribution in [0.15, 0.2) is 0 Å². The molecule has 0 radical (unpaired) electrons. The average molecular weight is 406 g/mol. The first-order valence-corrected chi connectivity index (χ1v) is 12.7. The third-order valence-electron chi connectivity index (χ3n) is 5.07. The number of nitrogens with zero attached hydrogens (tertiary/aromatic N) is 1. The Balaban J connectivity index is 3.35. The molecule has 1 N–H and O–H groups in total. The van der Waals surface area contributed by atoms with Gasteiger partial charge in [-0.1, -0.05) is 90.4 Å². The molecule has 0 aliphatic carbocycles. The highest BCUT2D eigenvalue weighted by Gasteiger charge is 2.10. The van der Waals surface area contributed by atoms with Crippen LogP contribution >= 0.6 is 0 Å². The predicted octanol–water partition coefficient (Wildman–Crippen LogP) is 5.59. The average Bonchev–Trinajstić information content (AvgIpc) is 2.60. The van der Waals surface area contributed by atoms with Gasteiger partial charge < -0.3 is 4.90 Å². The van der Waals surface area contributed by atoms with Crippen LogP contribution < -0.4 is 0 Å². The Bertz CT molecular complexity index is 451. The lowest BCUT2D eigenvalue weighted by molar-refractivity contribution is -0.130. The van der Waals surface area contributed by atoms with Gasteiger partial charge in [-0.05, 0) is 12.8 Å². The lowest BCUT2D eigenvalue weighted by Crippen LogP contribution is -2.28. The summed E-state index contributed by atoms with van der Waals surface area (Å²) in [6.45, 7) is 2.63. The van der Waals surface area contributed by atoms with E-state index >= 15 is 0 Å². The summed E-state index contributed by atoms with van der Waals surface area (Å²) >= 11 is 0. The van der Waals surface area contributed by atoms with E-state index in [0.717, 1.165) is 12.8 Å².